The van der Waals surface area contributed by atoms with E-state index >= 15 is 0 Å². The van der Waals surface area contributed by atoms with Crippen LogP contribution in [0.15, 0.2) is 71.1 Å². The summed E-state index contributed by atoms with van der Waals surface area (Å²) in [6.45, 7) is 8.36. The van der Waals surface area contributed by atoms with Crippen molar-refractivity contribution >= 4 is 23.3 Å². The number of non-ortho nitro benzene ring substituents is 1. The maximum atomic E-state index is 13.8. The van der Waals surface area contributed by atoms with Gasteiger partial charge in [0.2, 0.25) is 0 Å². The zero-order chi connectivity index (χ0) is 29.0. The van der Waals surface area contributed by atoms with Gasteiger partial charge in [0.05, 0.1) is 42.5 Å². The molecular formula is C29H35N5O6. The summed E-state index contributed by atoms with van der Waals surface area (Å²) >= 11 is 0. The van der Waals surface area contributed by atoms with E-state index in [4.69, 9.17) is 9.47 Å². The standard InChI is InChI=1S/C29H35N5O6/c1-18-25(27(26(19(2)30-18)29(36)40-5)21-9-8-10-22(17-21)34(37)38)28(35)31-20(3)32-13-15-33(16-14-32)23-11-6-7-12-24(23)39-4/h6-12,17,20,27,30H,13-16H2,1-5H3,(H,31,35). The Balaban J connectivity index is 1.56. The number of dihydropyridines is 1. The van der Waals surface area contributed by atoms with E-state index < -0.39 is 16.8 Å². The van der Waals surface area contributed by atoms with Gasteiger partial charge in [-0.15, -0.1) is 0 Å². The average Bonchev–Trinajstić information content (AvgIpc) is 2.96. The summed E-state index contributed by atoms with van der Waals surface area (Å²) in [6.07, 6.45) is -0.299. The Kier molecular flexibility index (Phi) is 8.73. The summed E-state index contributed by atoms with van der Waals surface area (Å²) < 4.78 is 10.6. The number of nitrogens with zero attached hydrogens (tertiary/aromatic N) is 3. The third kappa shape index (κ3) is 5.79. The fourth-order valence-corrected chi connectivity index (χ4v) is 5.43. The first-order chi connectivity index (χ1) is 19.2. The number of methoxy groups -OCH3 is 2. The Morgan fingerprint density at radius 2 is 1.70 bits per heavy atom. The Hall–Kier alpha value is -4.38. The summed E-state index contributed by atoms with van der Waals surface area (Å²) in [5, 5.41) is 17.7. The van der Waals surface area contributed by atoms with Gasteiger partial charge in [-0.3, -0.25) is 19.8 Å². The van der Waals surface area contributed by atoms with Crippen molar-refractivity contribution < 1.29 is 24.0 Å². The molecule has 1 saturated heterocycles. The molecule has 2 atom stereocenters. The summed E-state index contributed by atoms with van der Waals surface area (Å²) in [4.78, 5) is 42.2. The minimum absolute atomic E-state index is 0.128. The van der Waals surface area contributed by atoms with E-state index in [2.05, 4.69) is 20.4 Å². The number of amides is 1. The van der Waals surface area contributed by atoms with Gasteiger partial charge >= 0.3 is 5.97 Å². The Labute approximate surface area is 233 Å². The molecule has 2 N–H and O–H groups in total. The fourth-order valence-electron chi connectivity index (χ4n) is 5.43. The Bertz CT molecular complexity index is 1360. The van der Waals surface area contributed by atoms with Crippen LogP contribution in [0.25, 0.3) is 0 Å². The number of benzene rings is 2. The van der Waals surface area contributed by atoms with Crippen LogP contribution >= 0.6 is 0 Å². The topological polar surface area (TPSA) is 126 Å². The van der Waals surface area contributed by atoms with Crippen molar-refractivity contribution in [3.63, 3.8) is 0 Å². The SMILES string of the molecule is COC(=O)C1=C(C)NC(C)=C(C(=O)NC(C)N2CCN(c3ccccc3OC)CC2)C1c1cccc([N+](=O)[O-])c1. The van der Waals surface area contributed by atoms with Gasteiger partial charge in [0.1, 0.15) is 5.75 Å². The lowest BCUT2D eigenvalue weighted by molar-refractivity contribution is -0.384. The van der Waals surface area contributed by atoms with Crippen molar-refractivity contribution in [2.45, 2.75) is 32.9 Å². The van der Waals surface area contributed by atoms with Gasteiger partial charge in [0.25, 0.3) is 11.6 Å². The lowest BCUT2D eigenvalue weighted by Crippen LogP contribution is -2.55. The number of nitro benzene ring substituents is 1. The minimum Gasteiger partial charge on any atom is -0.495 e. The van der Waals surface area contributed by atoms with Crippen molar-refractivity contribution in [1.82, 2.24) is 15.5 Å². The lowest BCUT2D eigenvalue weighted by atomic mass is 9.80. The second-order valence-electron chi connectivity index (χ2n) is 9.82. The van der Waals surface area contributed by atoms with Gasteiger partial charge in [-0.25, -0.2) is 4.79 Å². The van der Waals surface area contributed by atoms with Crippen molar-refractivity contribution in [2.75, 3.05) is 45.3 Å². The number of para-hydroxylation sites is 2. The summed E-state index contributed by atoms with van der Waals surface area (Å²) in [7, 11) is 2.93. The molecule has 2 unspecified atom stereocenters. The third-order valence-corrected chi connectivity index (χ3v) is 7.45. The third-order valence-electron chi connectivity index (χ3n) is 7.45. The molecule has 0 spiro atoms. The second kappa shape index (κ2) is 12.2. The van der Waals surface area contributed by atoms with Crippen LogP contribution in [0, 0.1) is 10.1 Å². The highest BCUT2D eigenvalue weighted by molar-refractivity contribution is 6.02. The predicted octanol–water partition coefficient (Wildman–Crippen LogP) is 3.30. The van der Waals surface area contributed by atoms with Gasteiger partial charge in [0.15, 0.2) is 0 Å². The van der Waals surface area contributed by atoms with Crippen molar-refractivity contribution in [3.05, 3.63) is 86.7 Å². The predicted molar refractivity (Wildman–Crippen MR) is 151 cm³/mol. The summed E-state index contributed by atoms with van der Waals surface area (Å²) in [6, 6.07) is 13.9. The number of allylic oxidation sites excluding steroid dienone is 2. The molecule has 2 aromatic rings. The number of carbonyl (C=O) groups excluding carboxylic acids is 2. The van der Waals surface area contributed by atoms with Crippen molar-refractivity contribution in [2.24, 2.45) is 0 Å². The number of anilines is 1. The molecule has 212 valence electrons. The van der Waals surface area contributed by atoms with E-state index in [9.17, 15) is 19.7 Å². The number of esters is 1. The van der Waals surface area contributed by atoms with Gasteiger partial charge < -0.3 is 25.0 Å². The zero-order valence-corrected chi connectivity index (χ0v) is 23.4. The van der Waals surface area contributed by atoms with E-state index in [1.54, 1.807) is 33.1 Å². The molecule has 1 fully saturated rings. The highest BCUT2D eigenvalue weighted by Crippen LogP contribution is 2.39. The first kappa shape index (κ1) is 28.6. The molecule has 2 aliphatic rings. The van der Waals surface area contributed by atoms with Crippen LogP contribution in [0.2, 0.25) is 0 Å². The van der Waals surface area contributed by atoms with Crippen LogP contribution in [0.5, 0.6) is 5.75 Å². The van der Waals surface area contributed by atoms with E-state index in [0.717, 1.165) is 37.6 Å². The molecule has 2 aliphatic heterocycles. The van der Waals surface area contributed by atoms with Gasteiger partial charge in [-0.1, -0.05) is 24.3 Å². The number of piperazine rings is 1. The average molecular weight is 550 g/mol. The monoisotopic (exact) mass is 549 g/mol. The molecule has 2 heterocycles. The van der Waals surface area contributed by atoms with Crippen LogP contribution in [-0.2, 0) is 14.3 Å². The largest absolute Gasteiger partial charge is 0.495 e. The van der Waals surface area contributed by atoms with Gasteiger partial charge in [-0.2, -0.15) is 0 Å². The molecule has 2 aromatic carbocycles. The molecule has 11 heteroatoms. The minimum atomic E-state index is -0.844. The number of hydrogen-bond donors (Lipinski definition) is 2. The summed E-state index contributed by atoms with van der Waals surface area (Å²) in [5.41, 5.74) is 3.00. The number of nitro groups is 1. The van der Waals surface area contributed by atoms with Crippen LogP contribution in [0.4, 0.5) is 11.4 Å². The van der Waals surface area contributed by atoms with E-state index in [1.807, 2.05) is 31.2 Å². The summed E-state index contributed by atoms with van der Waals surface area (Å²) in [5.74, 6) is -1.00. The van der Waals surface area contributed by atoms with Crippen LogP contribution in [0.3, 0.4) is 0 Å². The van der Waals surface area contributed by atoms with Gasteiger partial charge in [-0.05, 0) is 38.5 Å². The number of ether oxygens (including phenoxy) is 2. The number of nitrogens with one attached hydrogen (secondary N) is 2. The lowest BCUT2D eigenvalue weighted by Gasteiger charge is -2.40. The van der Waals surface area contributed by atoms with Crippen LogP contribution < -0.4 is 20.3 Å². The molecule has 0 radical (unpaired) electrons. The molecule has 0 saturated carbocycles. The smallest absolute Gasteiger partial charge is 0.336 e. The highest BCUT2D eigenvalue weighted by Gasteiger charge is 2.38. The molecule has 0 aliphatic carbocycles. The normalized spacial score (nSPS) is 18.6. The Morgan fingerprint density at radius 1 is 1.02 bits per heavy atom. The zero-order valence-electron chi connectivity index (χ0n) is 23.4. The number of carbonyl (C=O) groups is 2. The molecule has 40 heavy (non-hydrogen) atoms. The van der Waals surface area contributed by atoms with E-state index in [0.29, 0.717) is 22.5 Å². The number of rotatable bonds is 8. The highest BCUT2D eigenvalue weighted by atomic mass is 16.6. The maximum absolute atomic E-state index is 13.8. The van der Waals surface area contributed by atoms with Crippen molar-refractivity contribution in [3.8, 4) is 5.75 Å². The molecular weight excluding hydrogens is 514 g/mol. The van der Waals surface area contributed by atoms with Crippen LogP contribution in [-0.4, -0.2) is 68.3 Å². The second-order valence-corrected chi connectivity index (χ2v) is 9.82. The first-order valence-electron chi connectivity index (χ1n) is 13.1. The Morgan fingerprint density at radius 3 is 2.35 bits per heavy atom. The molecule has 0 bridgehead atoms. The molecule has 0 aromatic heterocycles. The van der Waals surface area contributed by atoms with E-state index in [-0.39, 0.29) is 23.3 Å². The van der Waals surface area contributed by atoms with E-state index in [1.165, 1.54) is 19.2 Å². The maximum Gasteiger partial charge on any atom is 0.336 e. The quantitative estimate of drug-likeness (QED) is 0.290. The van der Waals surface area contributed by atoms with Crippen LogP contribution in [0.1, 0.15) is 32.3 Å². The molecule has 11 nitrogen and oxygen atoms in total. The fraction of sp³-hybridized carbons (Fsp3) is 0.379. The molecule has 1 amide bonds. The molecule has 4 rings (SSSR count). The van der Waals surface area contributed by atoms with Gasteiger partial charge in [0, 0.05) is 55.3 Å². The first-order valence-corrected chi connectivity index (χ1v) is 13.1. The van der Waals surface area contributed by atoms with Crippen molar-refractivity contribution in [1.29, 1.82) is 0 Å². The number of hydrogen-bond acceptors (Lipinski definition) is 9.